The molecule has 0 aliphatic heterocycles. The number of carbonyl (C=O) groups is 2. The number of pyridine rings is 1. The van der Waals surface area contributed by atoms with Crippen LogP contribution in [0.5, 0.6) is 0 Å². The van der Waals surface area contributed by atoms with Gasteiger partial charge in [-0.15, -0.1) is 0 Å². The zero-order valence-electron chi connectivity index (χ0n) is 15.7. The minimum absolute atomic E-state index is 0.0994. The molecule has 2 amide bonds. The van der Waals surface area contributed by atoms with Crippen molar-refractivity contribution in [2.24, 2.45) is 0 Å². The summed E-state index contributed by atoms with van der Waals surface area (Å²) in [5.41, 5.74) is 0.637. The highest BCUT2D eigenvalue weighted by atomic mass is 35.5. The lowest BCUT2D eigenvalue weighted by Gasteiger charge is -2.31. The zero-order valence-corrected chi connectivity index (χ0v) is 16.4. The summed E-state index contributed by atoms with van der Waals surface area (Å²) in [5, 5.41) is 9.25. The van der Waals surface area contributed by atoms with Crippen molar-refractivity contribution in [2.45, 2.75) is 64.1 Å². The normalized spacial score (nSPS) is 20.2. The fourth-order valence-corrected chi connectivity index (χ4v) is 3.10. The van der Waals surface area contributed by atoms with E-state index in [-0.39, 0.29) is 24.1 Å². The molecule has 1 aromatic heterocycles. The molecule has 144 valence electrons. The molecule has 1 aliphatic rings. The number of amides is 2. The van der Waals surface area contributed by atoms with Crippen LogP contribution in [0.2, 0.25) is 5.15 Å². The number of nitrogens with zero attached hydrogens (tertiary/aromatic N) is 1. The molecule has 1 fully saturated rings. The van der Waals surface area contributed by atoms with E-state index < -0.39 is 5.60 Å². The van der Waals surface area contributed by atoms with Gasteiger partial charge >= 0.3 is 6.09 Å². The van der Waals surface area contributed by atoms with Gasteiger partial charge in [0.05, 0.1) is 11.3 Å². The monoisotopic (exact) mass is 382 g/mol. The summed E-state index contributed by atoms with van der Waals surface area (Å²) in [7, 11) is 1.58. The van der Waals surface area contributed by atoms with Gasteiger partial charge in [-0.3, -0.25) is 4.79 Å². The van der Waals surface area contributed by atoms with Gasteiger partial charge in [-0.2, -0.15) is 0 Å². The first kappa shape index (κ1) is 20.3. The van der Waals surface area contributed by atoms with E-state index in [1.807, 2.05) is 20.8 Å². The zero-order chi connectivity index (χ0) is 19.3. The van der Waals surface area contributed by atoms with Crippen molar-refractivity contribution in [1.29, 1.82) is 0 Å². The Hall–Kier alpha value is -2.02. The summed E-state index contributed by atoms with van der Waals surface area (Å²) >= 11 is 5.97. The topological polar surface area (TPSA) is 92.4 Å². The molecular formula is C18H27ClN4O3. The first-order valence-electron chi connectivity index (χ1n) is 8.81. The second-order valence-electron chi connectivity index (χ2n) is 7.47. The Kier molecular flexibility index (Phi) is 6.69. The van der Waals surface area contributed by atoms with Crippen molar-refractivity contribution in [3.8, 4) is 0 Å². The molecule has 0 atom stereocenters. The number of rotatable bonds is 4. The third kappa shape index (κ3) is 6.05. The van der Waals surface area contributed by atoms with Crippen LogP contribution in [-0.2, 0) is 4.74 Å². The highest BCUT2D eigenvalue weighted by Gasteiger charge is 2.25. The first-order valence-corrected chi connectivity index (χ1v) is 9.19. The molecular weight excluding hydrogens is 356 g/mol. The van der Waals surface area contributed by atoms with Crippen molar-refractivity contribution in [1.82, 2.24) is 15.6 Å². The Labute approximate surface area is 159 Å². The fraction of sp³-hybridized carbons (Fsp3) is 0.611. The quantitative estimate of drug-likeness (QED) is 0.694. The second-order valence-corrected chi connectivity index (χ2v) is 7.86. The number of aromatic nitrogens is 1. The molecule has 0 radical (unpaired) electrons. The van der Waals surface area contributed by atoms with Gasteiger partial charge in [0.2, 0.25) is 0 Å². The number of hydrogen-bond donors (Lipinski definition) is 3. The Morgan fingerprint density at radius 3 is 2.38 bits per heavy atom. The summed E-state index contributed by atoms with van der Waals surface area (Å²) in [6.45, 7) is 5.53. The number of carbonyl (C=O) groups excluding carboxylic acids is 2. The predicted octanol–water partition coefficient (Wildman–Crippen LogP) is 3.34. The van der Waals surface area contributed by atoms with Crippen molar-refractivity contribution in [3.63, 3.8) is 0 Å². The highest BCUT2D eigenvalue weighted by molar-refractivity contribution is 6.29. The van der Waals surface area contributed by atoms with Crippen LogP contribution >= 0.6 is 11.6 Å². The maximum Gasteiger partial charge on any atom is 0.407 e. The number of anilines is 1. The lowest BCUT2D eigenvalue weighted by atomic mass is 9.91. The third-order valence-electron chi connectivity index (χ3n) is 4.15. The molecule has 0 unspecified atom stereocenters. The smallest absolute Gasteiger partial charge is 0.407 e. The maximum absolute atomic E-state index is 12.0. The van der Waals surface area contributed by atoms with Gasteiger partial charge in [-0.05, 0) is 52.5 Å². The molecule has 1 saturated carbocycles. The van der Waals surface area contributed by atoms with Crippen molar-refractivity contribution < 1.29 is 14.3 Å². The molecule has 3 N–H and O–H groups in total. The molecule has 0 aromatic carbocycles. The van der Waals surface area contributed by atoms with E-state index in [0.29, 0.717) is 16.4 Å². The standard InChI is InChI=1S/C18H27ClN4O3/c1-18(2,3)26-17(25)23-12-7-5-11(6-8-12)22-14-9-15(19)21-10-13(14)16(24)20-4/h9-12H,5-8H2,1-4H3,(H,20,24)(H,21,22)(H,23,25). The van der Waals surface area contributed by atoms with Crippen LogP contribution in [0.25, 0.3) is 0 Å². The van der Waals surface area contributed by atoms with Crippen LogP contribution in [0.1, 0.15) is 56.8 Å². The lowest BCUT2D eigenvalue weighted by molar-refractivity contribution is 0.0492. The molecule has 0 spiro atoms. The van der Waals surface area contributed by atoms with E-state index in [1.54, 1.807) is 13.1 Å². The second kappa shape index (κ2) is 8.58. The van der Waals surface area contributed by atoms with Crippen LogP contribution in [0.15, 0.2) is 12.3 Å². The van der Waals surface area contributed by atoms with Crippen LogP contribution in [-0.4, -0.2) is 41.7 Å². The average Bonchev–Trinajstić information content (AvgIpc) is 2.54. The molecule has 0 saturated heterocycles. The number of alkyl carbamates (subject to hydrolysis) is 1. The van der Waals surface area contributed by atoms with E-state index >= 15 is 0 Å². The molecule has 26 heavy (non-hydrogen) atoms. The largest absolute Gasteiger partial charge is 0.444 e. The minimum Gasteiger partial charge on any atom is -0.444 e. The molecule has 1 heterocycles. The van der Waals surface area contributed by atoms with Gasteiger partial charge in [0.25, 0.3) is 5.91 Å². The fourth-order valence-electron chi connectivity index (χ4n) is 2.94. The van der Waals surface area contributed by atoms with Crippen LogP contribution in [0.4, 0.5) is 10.5 Å². The Bertz CT molecular complexity index is 652. The van der Waals surface area contributed by atoms with Crippen molar-refractivity contribution >= 4 is 29.3 Å². The van der Waals surface area contributed by atoms with Gasteiger partial charge in [0, 0.05) is 25.3 Å². The minimum atomic E-state index is -0.500. The van der Waals surface area contributed by atoms with Gasteiger partial charge < -0.3 is 20.7 Å². The van der Waals surface area contributed by atoms with E-state index in [9.17, 15) is 9.59 Å². The van der Waals surface area contributed by atoms with Gasteiger partial charge in [0.15, 0.2) is 0 Å². The third-order valence-corrected chi connectivity index (χ3v) is 4.36. The summed E-state index contributed by atoms with van der Waals surface area (Å²) in [6.07, 6.45) is 4.51. The van der Waals surface area contributed by atoms with E-state index in [0.717, 1.165) is 25.7 Å². The molecule has 1 aliphatic carbocycles. The SMILES string of the molecule is CNC(=O)c1cnc(Cl)cc1NC1CCC(NC(=O)OC(C)(C)C)CC1. The number of hydrogen-bond acceptors (Lipinski definition) is 5. The summed E-state index contributed by atoms with van der Waals surface area (Å²) in [4.78, 5) is 27.8. The number of nitrogens with one attached hydrogen (secondary N) is 3. The molecule has 7 nitrogen and oxygen atoms in total. The molecule has 0 bridgehead atoms. The Morgan fingerprint density at radius 2 is 1.81 bits per heavy atom. The van der Waals surface area contributed by atoms with Gasteiger partial charge in [-0.25, -0.2) is 9.78 Å². The van der Waals surface area contributed by atoms with Crippen molar-refractivity contribution in [3.05, 3.63) is 23.0 Å². The van der Waals surface area contributed by atoms with Crippen LogP contribution in [0.3, 0.4) is 0 Å². The molecule has 1 aromatic rings. The molecule has 8 heteroatoms. The Morgan fingerprint density at radius 1 is 1.19 bits per heavy atom. The maximum atomic E-state index is 12.0. The summed E-state index contributed by atoms with van der Waals surface area (Å²) in [5.74, 6) is -0.211. The average molecular weight is 383 g/mol. The Balaban J connectivity index is 1.90. The highest BCUT2D eigenvalue weighted by Crippen LogP contribution is 2.26. The van der Waals surface area contributed by atoms with Gasteiger partial charge in [0.1, 0.15) is 10.8 Å². The van der Waals surface area contributed by atoms with E-state index in [1.165, 1.54) is 6.20 Å². The van der Waals surface area contributed by atoms with Crippen LogP contribution in [0, 0.1) is 0 Å². The lowest BCUT2D eigenvalue weighted by Crippen LogP contribution is -2.42. The molecule has 2 rings (SSSR count). The summed E-state index contributed by atoms with van der Waals surface area (Å²) in [6, 6.07) is 1.97. The van der Waals surface area contributed by atoms with E-state index in [4.69, 9.17) is 16.3 Å². The van der Waals surface area contributed by atoms with Crippen LogP contribution < -0.4 is 16.0 Å². The summed E-state index contributed by atoms with van der Waals surface area (Å²) < 4.78 is 5.30. The number of halogens is 1. The van der Waals surface area contributed by atoms with Gasteiger partial charge in [-0.1, -0.05) is 11.6 Å². The van der Waals surface area contributed by atoms with Crippen molar-refractivity contribution in [2.75, 3.05) is 12.4 Å². The first-order chi connectivity index (χ1) is 12.2. The van der Waals surface area contributed by atoms with E-state index in [2.05, 4.69) is 20.9 Å². The predicted molar refractivity (Wildman–Crippen MR) is 102 cm³/mol. The number of ether oxygens (including phenoxy) is 1.